The lowest BCUT2D eigenvalue weighted by molar-refractivity contribution is -0.146. The minimum atomic E-state index is -0.953. The molecular weight excluding hydrogens is 376 g/mol. The number of hydrogen-bond donors (Lipinski definition) is 1. The van der Waals surface area contributed by atoms with Crippen LogP contribution in [0.5, 0.6) is 0 Å². The van der Waals surface area contributed by atoms with E-state index < -0.39 is 23.9 Å². The van der Waals surface area contributed by atoms with Crippen LogP contribution in [-0.2, 0) is 19.1 Å². The predicted octanol–water partition coefficient (Wildman–Crippen LogP) is 2.29. The molecule has 0 unspecified atom stereocenters. The van der Waals surface area contributed by atoms with Gasteiger partial charge in [-0.05, 0) is 50.6 Å². The fraction of sp³-hybridized carbons (Fsp3) is 0.333. The van der Waals surface area contributed by atoms with Crippen molar-refractivity contribution >= 4 is 24.1 Å². The number of rotatable bonds is 10. The Kier molecular flexibility index (Phi) is 8.14. The Morgan fingerprint density at radius 2 is 1.76 bits per heavy atom. The van der Waals surface area contributed by atoms with Gasteiger partial charge in [-0.3, -0.25) is 14.4 Å². The molecule has 2 aromatic rings. The molecule has 154 valence electrons. The van der Waals surface area contributed by atoms with E-state index in [1.165, 1.54) is 0 Å². The second-order valence-electron chi connectivity index (χ2n) is 6.14. The molecule has 1 atom stereocenters. The summed E-state index contributed by atoms with van der Waals surface area (Å²) in [6.07, 6.45) is 4.24. The average molecular weight is 400 g/mol. The lowest BCUT2D eigenvalue weighted by atomic mass is 10.1. The average Bonchev–Trinajstić information content (AvgIpc) is 3.20. The van der Waals surface area contributed by atoms with Gasteiger partial charge in [-0.15, -0.1) is 0 Å². The van der Waals surface area contributed by atoms with Gasteiger partial charge in [0.25, 0.3) is 5.91 Å². The van der Waals surface area contributed by atoms with Crippen molar-refractivity contribution in [3.63, 3.8) is 0 Å². The molecule has 0 saturated heterocycles. The summed E-state index contributed by atoms with van der Waals surface area (Å²) in [5.41, 5.74) is 1.67. The Hall–Kier alpha value is -3.42. The third-order valence-electron chi connectivity index (χ3n) is 4.10. The number of aldehydes is 1. The first-order valence-corrected chi connectivity index (χ1v) is 9.35. The van der Waals surface area contributed by atoms with Crippen LogP contribution in [0.1, 0.15) is 47.4 Å². The van der Waals surface area contributed by atoms with Crippen LogP contribution in [0.25, 0.3) is 5.69 Å². The Bertz CT molecular complexity index is 856. The van der Waals surface area contributed by atoms with E-state index in [-0.39, 0.29) is 26.1 Å². The largest absolute Gasteiger partial charge is 0.466 e. The molecule has 1 amide bonds. The van der Waals surface area contributed by atoms with Gasteiger partial charge in [0.1, 0.15) is 6.04 Å². The first kappa shape index (κ1) is 21.9. The Balaban J connectivity index is 2.05. The van der Waals surface area contributed by atoms with E-state index >= 15 is 0 Å². The first-order valence-electron chi connectivity index (χ1n) is 9.35. The van der Waals surface area contributed by atoms with Gasteiger partial charge in [0, 0.05) is 35.6 Å². The van der Waals surface area contributed by atoms with E-state index in [1.807, 2.05) is 0 Å². The molecule has 0 radical (unpaired) electrons. The number of aromatic nitrogens is 1. The van der Waals surface area contributed by atoms with Crippen molar-refractivity contribution in [1.82, 2.24) is 9.88 Å². The fourth-order valence-corrected chi connectivity index (χ4v) is 2.66. The highest BCUT2D eigenvalue weighted by atomic mass is 16.5. The summed E-state index contributed by atoms with van der Waals surface area (Å²) in [5.74, 6) is -1.50. The van der Waals surface area contributed by atoms with Gasteiger partial charge in [-0.25, -0.2) is 4.79 Å². The third-order valence-corrected chi connectivity index (χ3v) is 4.10. The highest BCUT2D eigenvalue weighted by Crippen LogP contribution is 2.12. The summed E-state index contributed by atoms with van der Waals surface area (Å²) in [5, 5.41) is 2.61. The minimum absolute atomic E-state index is 0.0107. The van der Waals surface area contributed by atoms with Gasteiger partial charge < -0.3 is 19.4 Å². The second-order valence-corrected chi connectivity index (χ2v) is 6.14. The van der Waals surface area contributed by atoms with Gasteiger partial charge in [-0.2, -0.15) is 0 Å². The van der Waals surface area contributed by atoms with Crippen LogP contribution in [0.2, 0.25) is 0 Å². The van der Waals surface area contributed by atoms with Crippen molar-refractivity contribution in [3.8, 4) is 5.69 Å². The molecule has 0 spiro atoms. The van der Waals surface area contributed by atoms with Crippen molar-refractivity contribution in [2.75, 3.05) is 13.2 Å². The van der Waals surface area contributed by atoms with Crippen LogP contribution in [0.15, 0.2) is 42.7 Å². The van der Waals surface area contributed by atoms with E-state index in [0.29, 0.717) is 11.1 Å². The van der Waals surface area contributed by atoms with E-state index in [1.54, 1.807) is 61.1 Å². The van der Waals surface area contributed by atoms with Gasteiger partial charge in [0.2, 0.25) is 0 Å². The van der Waals surface area contributed by atoms with Crippen molar-refractivity contribution in [3.05, 3.63) is 53.9 Å². The lowest BCUT2D eigenvalue weighted by Gasteiger charge is -2.17. The molecule has 1 aromatic carbocycles. The molecule has 1 aromatic heterocycles. The maximum atomic E-state index is 12.5. The molecule has 0 bridgehead atoms. The molecule has 29 heavy (non-hydrogen) atoms. The topological polar surface area (TPSA) is 104 Å². The molecule has 1 heterocycles. The van der Waals surface area contributed by atoms with Crippen molar-refractivity contribution in [2.24, 2.45) is 0 Å². The second kappa shape index (κ2) is 10.8. The van der Waals surface area contributed by atoms with Gasteiger partial charge in [-0.1, -0.05) is 0 Å². The quantitative estimate of drug-likeness (QED) is 0.485. The van der Waals surface area contributed by atoms with Crippen LogP contribution >= 0.6 is 0 Å². The van der Waals surface area contributed by atoms with E-state index in [0.717, 1.165) is 12.0 Å². The number of carbonyl (C=O) groups is 4. The van der Waals surface area contributed by atoms with Gasteiger partial charge in [0.15, 0.2) is 6.29 Å². The monoisotopic (exact) mass is 400 g/mol. The van der Waals surface area contributed by atoms with Crippen LogP contribution in [-0.4, -0.2) is 48.0 Å². The summed E-state index contributed by atoms with van der Waals surface area (Å²) in [6, 6.07) is 7.40. The van der Waals surface area contributed by atoms with Crippen LogP contribution < -0.4 is 5.32 Å². The standard InChI is InChI=1S/C21H24N2O6/c1-3-28-19(25)10-9-18(21(27)29-4-2)22-20(26)16-5-7-17(8-6-16)23-12-11-15(13-23)14-24/h5-8,11-14,18H,3-4,9-10H2,1-2H3,(H,22,26)/t18-/m0/s1. The molecule has 0 aliphatic carbocycles. The lowest BCUT2D eigenvalue weighted by Crippen LogP contribution is -2.42. The van der Waals surface area contributed by atoms with Crippen molar-refractivity contribution in [1.29, 1.82) is 0 Å². The van der Waals surface area contributed by atoms with Crippen molar-refractivity contribution in [2.45, 2.75) is 32.7 Å². The summed E-state index contributed by atoms with van der Waals surface area (Å²) in [4.78, 5) is 47.0. The number of amides is 1. The number of hydrogen-bond acceptors (Lipinski definition) is 6. The van der Waals surface area contributed by atoms with E-state index in [9.17, 15) is 19.2 Å². The fourth-order valence-electron chi connectivity index (χ4n) is 2.66. The summed E-state index contributed by atoms with van der Waals surface area (Å²) < 4.78 is 11.6. The number of nitrogens with one attached hydrogen (secondary N) is 1. The highest BCUT2D eigenvalue weighted by Gasteiger charge is 2.24. The Morgan fingerprint density at radius 3 is 2.34 bits per heavy atom. The molecule has 0 saturated carbocycles. The number of benzene rings is 1. The molecule has 1 N–H and O–H groups in total. The van der Waals surface area contributed by atoms with E-state index in [4.69, 9.17) is 9.47 Å². The summed E-state index contributed by atoms with van der Waals surface area (Å²) >= 11 is 0. The van der Waals surface area contributed by atoms with E-state index in [2.05, 4.69) is 5.32 Å². The number of ether oxygens (including phenoxy) is 2. The maximum Gasteiger partial charge on any atom is 0.328 e. The van der Waals surface area contributed by atoms with Crippen LogP contribution in [0, 0.1) is 0 Å². The molecule has 0 aliphatic heterocycles. The maximum absolute atomic E-state index is 12.5. The smallest absolute Gasteiger partial charge is 0.328 e. The molecule has 0 fully saturated rings. The zero-order chi connectivity index (χ0) is 21.2. The number of nitrogens with zero attached hydrogens (tertiary/aromatic N) is 1. The number of esters is 2. The zero-order valence-electron chi connectivity index (χ0n) is 16.4. The van der Waals surface area contributed by atoms with Crippen molar-refractivity contribution < 1.29 is 28.7 Å². The highest BCUT2D eigenvalue weighted by molar-refractivity contribution is 5.97. The third kappa shape index (κ3) is 6.31. The summed E-state index contributed by atoms with van der Waals surface area (Å²) in [7, 11) is 0. The molecular formula is C21H24N2O6. The summed E-state index contributed by atoms with van der Waals surface area (Å²) in [6.45, 7) is 3.77. The normalized spacial score (nSPS) is 11.4. The SMILES string of the molecule is CCOC(=O)CC[C@H](NC(=O)c1ccc(-n2ccc(C=O)c2)cc1)C(=O)OCC. The van der Waals surface area contributed by atoms with Crippen LogP contribution in [0.3, 0.4) is 0 Å². The first-order chi connectivity index (χ1) is 14.0. The zero-order valence-corrected chi connectivity index (χ0v) is 16.4. The molecule has 0 aliphatic rings. The minimum Gasteiger partial charge on any atom is -0.466 e. The number of carbonyl (C=O) groups excluding carboxylic acids is 4. The Morgan fingerprint density at radius 1 is 1.07 bits per heavy atom. The molecule has 8 nitrogen and oxygen atoms in total. The predicted molar refractivity (Wildman–Crippen MR) is 105 cm³/mol. The van der Waals surface area contributed by atoms with Gasteiger partial charge >= 0.3 is 11.9 Å². The van der Waals surface area contributed by atoms with Gasteiger partial charge in [0.05, 0.1) is 13.2 Å². The van der Waals surface area contributed by atoms with Crippen LogP contribution in [0.4, 0.5) is 0 Å². The molecule has 2 rings (SSSR count). The molecule has 8 heteroatoms. The Labute approximate surface area is 168 Å².